The molecule has 124 valence electrons. The van der Waals surface area contributed by atoms with Gasteiger partial charge in [-0.1, -0.05) is 31.6 Å². The molecule has 0 amide bonds. The third kappa shape index (κ3) is 4.76. The first-order valence-electron chi connectivity index (χ1n) is 6.07. The standard InChI is InChI=1S/C12H14F8S/c13-7-1-3-9-5-6-10(4-2-8-14)12(11(9)15)21(16,17,18,19)20/h5-6H,1-4,7-8H2. The van der Waals surface area contributed by atoms with Crippen molar-refractivity contribution in [3.63, 3.8) is 0 Å². The van der Waals surface area contributed by atoms with Gasteiger partial charge in [0.05, 0.1) is 13.3 Å². The number of hydrogen-bond acceptors (Lipinski definition) is 0. The van der Waals surface area contributed by atoms with Crippen molar-refractivity contribution in [2.24, 2.45) is 0 Å². The molecule has 0 aliphatic carbocycles. The van der Waals surface area contributed by atoms with Crippen LogP contribution in [0.25, 0.3) is 0 Å². The Morgan fingerprint density at radius 1 is 0.762 bits per heavy atom. The van der Waals surface area contributed by atoms with Gasteiger partial charge in [-0.25, -0.2) is 4.39 Å². The monoisotopic (exact) mass is 342 g/mol. The summed E-state index contributed by atoms with van der Waals surface area (Å²) in [7, 11) is -10.3. The molecule has 0 aromatic heterocycles. The maximum Gasteiger partial charge on any atom is 0.313 e. The van der Waals surface area contributed by atoms with E-state index in [1.807, 2.05) is 0 Å². The van der Waals surface area contributed by atoms with Crippen LogP contribution in [-0.2, 0) is 12.8 Å². The minimum atomic E-state index is -10.3. The highest BCUT2D eigenvalue weighted by Gasteiger charge is 2.68. The Labute approximate surface area is 116 Å². The van der Waals surface area contributed by atoms with Gasteiger partial charge in [-0.3, -0.25) is 8.78 Å². The molecule has 1 aromatic rings. The van der Waals surface area contributed by atoms with Gasteiger partial charge in [0.15, 0.2) is 0 Å². The summed E-state index contributed by atoms with van der Waals surface area (Å²) >= 11 is 0. The SMILES string of the molecule is FCCCc1ccc(CCCF)c(S(F)(F)(F)(F)F)c1F. The highest BCUT2D eigenvalue weighted by molar-refractivity contribution is 8.45. The molecule has 0 nitrogen and oxygen atoms in total. The molecule has 1 rings (SSSR count). The quantitative estimate of drug-likeness (QED) is 0.511. The molecule has 0 saturated carbocycles. The van der Waals surface area contributed by atoms with Gasteiger partial charge in [0.2, 0.25) is 0 Å². The summed E-state index contributed by atoms with van der Waals surface area (Å²) in [5.41, 5.74) is -1.60. The van der Waals surface area contributed by atoms with E-state index in [1.54, 1.807) is 0 Å². The first-order chi connectivity index (χ1) is 9.40. The van der Waals surface area contributed by atoms with E-state index in [0.717, 1.165) is 6.07 Å². The van der Waals surface area contributed by atoms with Crippen LogP contribution < -0.4 is 0 Å². The number of rotatable bonds is 7. The van der Waals surface area contributed by atoms with Crippen LogP contribution in [-0.4, -0.2) is 13.3 Å². The van der Waals surface area contributed by atoms with Crippen LogP contribution in [0, 0.1) is 5.82 Å². The van der Waals surface area contributed by atoms with Crippen molar-refractivity contribution >= 4 is 10.2 Å². The molecule has 0 atom stereocenters. The summed E-state index contributed by atoms with van der Waals surface area (Å²) in [4.78, 5) is -2.60. The summed E-state index contributed by atoms with van der Waals surface area (Å²) < 4.78 is 103. The second-order valence-electron chi connectivity index (χ2n) is 4.58. The fourth-order valence-electron chi connectivity index (χ4n) is 1.96. The molecule has 21 heavy (non-hydrogen) atoms. The summed E-state index contributed by atoms with van der Waals surface area (Å²) in [6.45, 7) is -1.92. The van der Waals surface area contributed by atoms with Crippen molar-refractivity contribution < 1.29 is 32.6 Å². The lowest BCUT2D eigenvalue weighted by molar-refractivity contribution is 0.351. The summed E-state index contributed by atoms with van der Waals surface area (Å²) in [6.07, 6.45) is -1.78. The molecule has 0 fully saturated rings. The Balaban J connectivity index is 3.47. The molecule has 0 N–H and O–H groups in total. The van der Waals surface area contributed by atoms with Crippen LogP contribution in [0.2, 0.25) is 0 Å². The topological polar surface area (TPSA) is 0 Å². The Morgan fingerprint density at radius 2 is 1.19 bits per heavy atom. The molecule has 9 heteroatoms. The third-order valence-corrected chi connectivity index (χ3v) is 4.02. The smallest absolute Gasteiger partial charge is 0.251 e. The van der Waals surface area contributed by atoms with E-state index in [2.05, 4.69) is 0 Å². The van der Waals surface area contributed by atoms with Gasteiger partial charge >= 0.3 is 10.2 Å². The van der Waals surface area contributed by atoms with Crippen molar-refractivity contribution in [1.29, 1.82) is 0 Å². The van der Waals surface area contributed by atoms with E-state index in [0.29, 0.717) is 6.07 Å². The zero-order valence-corrected chi connectivity index (χ0v) is 11.6. The van der Waals surface area contributed by atoms with Crippen molar-refractivity contribution in [3.05, 3.63) is 29.1 Å². The van der Waals surface area contributed by atoms with Crippen molar-refractivity contribution in [2.45, 2.75) is 30.6 Å². The van der Waals surface area contributed by atoms with E-state index in [4.69, 9.17) is 0 Å². The van der Waals surface area contributed by atoms with E-state index in [1.165, 1.54) is 0 Å². The fourth-order valence-corrected chi connectivity index (χ4v) is 3.09. The third-order valence-electron chi connectivity index (χ3n) is 2.80. The van der Waals surface area contributed by atoms with Crippen molar-refractivity contribution in [1.82, 2.24) is 0 Å². The Bertz CT molecular complexity index is 507. The maximum absolute atomic E-state index is 13.9. The Kier molecular flexibility index (Phi) is 4.58. The van der Waals surface area contributed by atoms with Crippen LogP contribution in [0.3, 0.4) is 0 Å². The maximum atomic E-state index is 13.9. The van der Waals surface area contributed by atoms with Crippen LogP contribution in [0.1, 0.15) is 24.0 Å². The lowest BCUT2D eigenvalue weighted by Gasteiger charge is -2.42. The number of benzene rings is 1. The summed E-state index contributed by atoms with van der Waals surface area (Å²) in [6, 6.07) is 1.62. The predicted octanol–water partition coefficient (Wildman–Crippen LogP) is 6.29. The molecular weight excluding hydrogens is 328 g/mol. The zero-order valence-electron chi connectivity index (χ0n) is 10.8. The highest BCUT2D eigenvalue weighted by atomic mass is 32.5. The zero-order chi connectivity index (χ0) is 16.4. The minimum Gasteiger partial charge on any atom is -0.251 e. The van der Waals surface area contributed by atoms with Crippen LogP contribution in [0.4, 0.5) is 32.6 Å². The number of hydrogen-bond donors (Lipinski definition) is 0. The van der Waals surface area contributed by atoms with Gasteiger partial charge in [0.25, 0.3) is 0 Å². The fraction of sp³-hybridized carbons (Fsp3) is 0.500. The molecule has 1 aromatic carbocycles. The van der Waals surface area contributed by atoms with E-state index in [-0.39, 0.29) is 6.42 Å². The lowest BCUT2D eigenvalue weighted by Crippen LogP contribution is -2.14. The van der Waals surface area contributed by atoms with Gasteiger partial charge in [-0.05, 0) is 36.8 Å². The Morgan fingerprint density at radius 3 is 1.62 bits per heavy atom. The molecule has 0 unspecified atom stereocenters. The van der Waals surface area contributed by atoms with Crippen LogP contribution in [0.15, 0.2) is 17.0 Å². The molecule has 0 bridgehead atoms. The van der Waals surface area contributed by atoms with Crippen LogP contribution in [0.5, 0.6) is 0 Å². The van der Waals surface area contributed by atoms with Crippen molar-refractivity contribution in [2.75, 3.05) is 13.3 Å². The first kappa shape index (κ1) is 18.1. The lowest BCUT2D eigenvalue weighted by atomic mass is 10.0. The first-order valence-corrected chi connectivity index (χ1v) is 8.02. The van der Waals surface area contributed by atoms with Gasteiger partial charge in [0, 0.05) is 0 Å². The average Bonchev–Trinajstić information content (AvgIpc) is 2.31. The van der Waals surface area contributed by atoms with Gasteiger partial charge < -0.3 is 0 Å². The van der Waals surface area contributed by atoms with E-state index in [9.17, 15) is 32.6 Å². The van der Waals surface area contributed by atoms with Crippen molar-refractivity contribution in [3.8, 4) is 0 Å². The van der Waals surface area contributed by atoms with Gasteiger partial charge in [0.1, 0.15) is 10.7 Å². The Hall–Kier alpha value is -0.990. The molecule has 0 spiro atoms. The second-order valence-corrected chi connectivity index (χ2v) is 6.93. The van der Waals surface area contributed by atoms with E-state index < -0.39 is 64.7 Å². The normalized spacial score (nSPS) is 15.6. The minimum absolute atomic E-state index is 0.277. The molecule has 0 heterocycles. The van der Waals surface area contributed by atoms with Gasteiger partial charge in [-0.15, -0.1) is 0 Å². The second kappa shape index (κ2) is 5.33. The molecule has 0 aliphatic heterocycles. The number of halogens is 8. The summed E-state index contributed by atoms with van der Waals surface area (Å²) in [5.74, 6) is -2.08. The molecule has 0 radical (unpaired) electrons. The molecular formula is C12H14F8S. The van der Waals surface area contributed by atoms with E-state index >= 15 is 0 Å². The predicted molar refractivity (Wildman–Crippen MR) is 66.4 cm³/mol. The average molecular weight is 342 g/mol. The molecule has 0 aliphatic rings. The number of aryl methyl sites for hydroxylation is 2. The largest absolute Gasteiger partial charge is 0.313 e. The van der Waals surface area contributed by atoms with Gasteiger partial charge in [-0.2, -0.15) is 0 Å². The molecule has 0 saturated heterocycles. The highest BCUT2D eigenvalue weighted by Crippen LogP contribution is 3.02. The summed E-state index contributed by atoms with van der Waals surface area (Å²) in [5, 5.41) is 0. The number of alkyl halides is 2. The van der Waals surface area contributed by atoms with Crippen LogP contribution >= 0.6 is 10.2 Å².